The Hall–Kier alpha value is -1.44. The summed E-state index contributed by atoms with van der Waals surface area (Å²) in [6.45, 7) is 6.51. The van der Waals surface area contributed by atoms with E-state index in [1.54, 1.807) is 6.07 Å². The third-order valence-electron chi connectivity index (χ3n) is 3.56. The van der Waals surface area contributed by atoms with Crippen molar-refractivity contribution < 1.29 is 5.11 Å². The van der Waals surface area contributed by atoms with E-state index >= 15 is 0 Å². The van der Waals surface area contributed by atoms with Crippen LogP contribution in [0.1, 0.15) is 26.3 Å². The molecule has 1 aromatic rings. The molecule has 2 nitrogen and oxygen atoms in total. The van der Waals surface area contributed by atoms with Gasteiger partial charge >= 0.3 is 0 Å². The molecule has 2 heteroatoms. The summed E-state index contributed by atoms with van der Waals surface area (Å²) >= 11 is 0. The summed E-state index contributed by atoms with van der Waals surface area (Å²) in [4.78, 5) is 2.21. The lowest BCUT2D eigenvalue weighted by Crippen LogP contribution is -2.33. The van der Waals surface area contributed by atoms with Crippen LogP contribution in [0.15, 0.2) is 23.8 Å². The molecule has 15 heavy (non-hydrogen) atoms. The van der Waals surface area contributed by atoms with Gasteiger partial charge in [-0.3, -0.25) is 0 Å². The Kier molecular flexibility index (Phi) is 2.22. The number of nitrogens with zero attached hydrogens (tertiary/aromatic N) is 1. The summed E-state index contributed by atoms with van der Waals surface area (Å²) in [5.74, 6) is 0.333. The first kappa shape index (κ1) is 10.1. The van der Waals surface area contributed by atoms with Crippen LogP contribution in [-0.4, -0.2) is 18.2 Å². The second-order valence-electron chi connectivity index (χ2n) is 4.30. The first-order valence-electron chi connectivity index (χ1n) is 5.26. The zero-order chi connectivity index (χ0) is 11.2. The van der Waals surface area contributed by atoms with E-state index in [1.807, 2.05) is 12.1 Å². The Morgan fingerprint density at radius 1 is 1.27 bits per heavy atom. The van der Waals surface area contributed by atoms with Gasteiger partial charge in [-0.25, -0.2) is 0 Å². The highest BCUT2D eigenvalue weighted by atomic mass is 16.3. The second kappa shape index (κ2) is 3.30. The molecule has 80 valence electrons. The number of hydrogen-bond acceptors (Lipinski definition) is 2. The van der Waals surface area contributed by atoms with Gasteiger partial charge in [0.05, 0.1) is 0 Å². The number of phenolic OH excluding ortho intramolecular Hbond substituents is 1. The molecule has 1 atom stereocenters. The second-order valence-corrected chi connectivity index (χ2v) is 4.30. The van der Waals surface area contributed by atoms with Gasteiger partial charge in [0.25, 0.3) is 0 Å². The predicted molar refractivity (Wildman–Crippen MR) is 64.2 cm³/mol. The third-order valence-corrected chi connectivity index (χ3v) is 3.56. The summed E-state index contributed by atoms with van der Waals surface area (Å²) in [5, 5.41) is 9.50. The van der Waals surface area contributed by atoms with Crippen LogP contribution < -0.4 is 4.90 Å². The van der Waals surface area contributed by atoms with Crippen molar-refractivity contribution in [3.63, 3.8) is 0 Å². The monoisotopic (exact) mass is 203 g/mol. The number of allylic oxidation sites excluding steroid dienone is 1. The Balaban J connectivity index is 2.66. The van der Waals surface area contributed by atoms with E-state index in [0.717, 1.165) is 5.69 Å². The molecular formula is C13H17NO. The van der Waals surface area contributed by atoms with Gasteiger partial charge in [0, 0.05) is 30.4 Å². The molecule has 1 aliphatic rings. The van der Waals surface area contributed by atoms with Crippen LogP contribution >= 0.6 is 0 Å². The summed E-state index contributed by atoms with van der Waals surface area (Å²) < 4.78 is 0. The van der Waals surface area contributed by atoms with Crippen LogP contribution in [0.2, 0.25) is 0 Å². The zero-order valence-corrected chi connectivity index (χ0v) is 9.70. The lowest BCUT2D eigenvalue weighted by molar-refractivity contribution is 0.475. The van der Waals surface area contributed by atoms with E-state index in [2.05, 4.69) is 32.7 Å². The number of aromatic hydroxyl groups is 1. The molecule has 0 bridgehead atoms. The van der Waals surface area contributed by atoms with Crippen LogP contribution in [0.5, 0.6) is 5.75 Å². The maximum atomic E-state index is 9.50. The fraction of sp³-hybridized carbons (Fsp3) is 0.385. The highest BCUT2D eigenvalue weighted by Crippen LogP contribution is 2.38. The normalized spacial score (nSPS) is 20.5. The molecule has 0 amide bonds. The maximum Gasteiger partial charge on any atom is 0.117 e. The van der Waals surface area contributed by atoms with Crippen LogP contribution in [0.25, 0.3) is 5.57 Å². The number of fused-ring (bicyclic) bond motifs is 1. The Morgan fingerprint density at radius 2 is 1.93 bits per heavy atom. The minimum atomic E-state index is 0.333. The van der Waals surface area contributed by atoms with Crippen LogP contribution in [0.4, 0.5) is 5.69 Å². The summed E-state index contributed by atoms with van der Waals surface area (Å²) in [6, 6.07) is 5.98. The summed E-state index contributed by atoms with van der Waals surface area (Å²) in [7, 11) is 2.07. The van der Waals surface area contributed by atoms with Crippen molar-refractivity contribution >= 4 is 11.3 Å². The molecule has 1 aromatic carbocycles. The van der Waals surface area contributed by atoms with E-state index in [1.165, 1.54) is 16.7 Å². The zero-order valence-electron chi connectivity index (χ0n) is 9.70. The highest BCUT2D eigenvalue weighted by molar-refractivity contribution is 5.82. The first-order valence-corrected chi connectivity index (χ1v) is 5.26. The average Bonchev–Trinajstić information content (AvgIpc) is 2.23. The van der Waals surface area contributed by atoms with Crippen molar-refractivity contribution in [2.24, 2.45) is 0 Å². The molecule has 0 aliphatic carbocycles. The smallest absolute Gasteiger partial charge is 0.117 e. The van der Waals surface area contributed by atoms with Crippen LogP contribution in [-0.2, 0) is 0 Å². The molecule has 1 N–H and O–H groups in total. The van der Waals surface area contributed by atoms with E-state index in [-0.39, 0.29) is 0 Å². The van der Waals surface area contributed by atoms with Crippen molar-refractivity contribution in [3.05, 3.63) is 29.3 Å². The lowest BCUT2D eigenvalue weighted by Gasteiger charge is -2.35. The van der Waals surface area contributed by atoms with Gasteiger partial charge in [-0.15, -0.1) is 0 Å². The van der Waals surface area contributed by atoms with Crippen molar-refractivity contribution in [1.29, 1.82) is 0 Å². The standard InChI is InChI=1S/C13H17NO/c1-8-9(2)12-6-5-11(15)7-13(12)14(4)10(8)3/h5-7,10,15H,1-4H3. The van der Waals surface area contributed by atoms with Crippen molar-refractivity contribution in [2.45, 2.75) is 26.8 Å². The SMILES string of the molecule is CC1=C(C)C(C)N(C)c2cc(O)ccc21. The molecular weight excluding hydrogens is 186 g/mol. The predicted octanol–water partition coefficient (Wildman–Crippen LogP) is 3.02. The summed E-state index contributed by atoms with van der Waals surface area (Å²) in [5.41, 5.74) is 5.07. The van der Waals surface area contributed by atoms with E-state index in [0.29, 0.717) is 11.8 Å². The van der Waals surface area contributed by atoms with E-state index in [9.17, 15) is 5.11 Å². The molecule has 0 saturated heterocycles. The largest absolute Gasteiger partial charge is 0.508 e. The van der Waals surface area contributed by atoms with Gasteiger partial charge < -0.3 is 10.0 Å². The number of phenols is 1. The lowest BCUT2D eigenvalue weighted by atomic mass is 9.91. The highest BCUT2D eigenvalue weighted by Gasteiger charge is 2.23. The minimum Gasteiger partial charge on any atom is -0.508 e. The van der Waals surface area contributed by atoms with Crippen LogP contribution in [0.3, 0.4) is 0 Å². The number of likely N-dealkylation sites (N-methyl/N-ethyl adjacent to an activating group) is 1. The Labute approximate surface area is 90.8 Å². The maximum absolute atomic E-state index is 9.50. The Morgan fingerprint density at radius 3 is 2.60 bits per heavy atom. The van der Waals surface area contributed by atoms with Gasteiger partial charge in [0.2, 0.25) is 0 Å². The molecule has 1 aliphatic heterocycles. The van der Waals surface area contributed by atoms with Gasteiger partial charge in [0.1, 0.15) is 5.75 Å². The van der Waals surface area contributed by atoms with Crippen molar-refractivity contribution in [2.75, 3.05) is 11.9 Å². The average molecular weight is 203 g/mol. The van der Waals surface area contributed by atoms with Crippen molar-refractivity contribution in [3.8, 4) is 5.75 Å². The van der Waals surface area contributed by atoms with Crippen LogP contribution in [0, 0.1) is 0 Å². The van der Waals surface area contributed by atoms with Gasteiger partial charge in [-0.05, 0) is 44.1 Å². The number of rotatable bonds is 0. The molecule has 0 aromatic heterocycles. The fourth-order valence-corrected chi connectivity index (χ4v) is 2.15. The van der Waals surface area contributed by atoms with Gasteiger partial charge in [0.15, 0.2) is 0 Å². The first-order chi connectivity index (χ1) is 7.02. The number of anilines is 1. The molecule has 1 unspecified atom stereocenters. The quantitative estimate of drug-likeness (QED) is 0.700. The molecule has 0 saturated carbocycles. The molecule has 2 rings (SSSR count). The Bertz CT molecular complexity index is 434. The van der Waals surface area contributed by atoms with E-state index < -0.39 is 0 Å². The van der Waals surface area contributed by atoms with Gasteiger partial charge in [-0.2, -0.15) is 0 Å². The van der Waals surface area contributed by atoms with E-state index in [4.69, 9.17) is 0 Å². The molecule has 0 radical (unpaired) electrons. The minimum absolute atomic E-state index is 0.333. The third kappa shape index (κ3) is 1.41. The molecule has 0 spiro atoms. The fourth-order valence-electron chi connectivity index (χ4n) is 2.15. The topological polar surface area (TPSA) is 23.5 Å². The number of hydrogen-bond donors (Lipinski definition) is 1. The molecule has 0 fully saturated rings. The number of benzene rings is 1. The summed E-state index contributed by atoms with van der Waals surface area (Å²) in [6.07, 6.45) is 0. The van der Waals surface area contributed by atoms with Gasteiger partial charge in [-0.1, -0.05) is 0 Å². The molecule has 1 heterocycles. The van der Waals surface area contributed by atoms with Crippen molar-refractivity contribution in [1.82, 2.24) is 0 Å².